The van der Waals surface area contributed by atoms with E-state index in [4.69, 9.17) is 10.5 Å². The third-order valence-electron chi connectivity index (χ3n) is 3.77. The zero-order valence-corrected chi connectivity index (χ0v) is 13.4. The van der Waals surface area contributed by atoms with Crippen molar-refractivity contribution in [2.75, 3.05) is 6.54 Å². The molecule has 0 spiro atoms. The van der Waals surface area contributed by atoms with Crippen LogP contribution in [0.25, 0.3) is 0 Å². The van der Waals surface area contributed by atoms with Gasteiger partial charge in [-0.15, -0.1) is 0 Å². The average Bonchev–Trinajstić information content (AvgIpc) is 2.44. The smallest absolute Gasteiger partial charge is 0.136 e. The molecule has 2 nitrogen and oxygen atoms in total. The number of hydrogen-bond donors (Lipinski definition) is 1. The summed E-state index contributed by atoms with van der Waals surface area (Å²) >= 11 is 0. The second-order valence-corrected chi connectivity index (χ2v) is 5.93. The average molecular weight is 283 g/mol. The second-order valence-electron chi connectivity index (χ2n) is 5.93. The maximum absolute atomic E-state index is 6.10. The molecular weight excluding hydrogens is 258 g/mol. The summed E-state index contributed by atoms with van der Waals surface area (Å²) in [6, 6.07) is 14.6. The molecule has 2 aromatic carbocycles. The van der Waals surface area contributed by atoms with Gasteiger partial charge in [0, 0.05) is 6.54 Å². The summed E-state index contributed by atoms with van der Waals surface area (Å²) in [6.07, 6.45) is -0.103. The number of ether oxygens (including phenoxy) is 1. The van der Waals surface area contributed by atoms with Crippen LogP contribution < -0.4 is 10.5 Å². The molecule has 0 heterocycles. The fourth-order valence-electron chi connectivity index (χ4n) is 2.66. The van der Waals surface area contributed by atoms with Gasteiger partial charge in [0.2, 0.25) is 0 Å². The lowest BCUT2D eigenvalue weighted by molar-refractivity contribution is 0.214. The van der Waals surface area contributed by atoms with Gasteiger partial charge in [-0.3, -0.25) is 0 Å². The van der Waals surface area contributed by atoms with Gasteiger partial charge in [0.1, 0.15) is 11.9 Å². The van der Waals surface area contributed by atoms with Crippen molar-refractivity contribution in [2.24, 2.45) is 5.73 Å². The summed E-state index contributed by atoms with van der Waals surface area (Å²) < 4.78 is 6.10. The van der Waals surface area contributed by atoms with Crippen molar-refractivity contribution in [1.82, 2.24) is 0 Å². The number of rotatable bonds is 5. The lowest BCUT2D eigenvalue weighted by Crippen LogP contribution is -2.18. The van der Waals surface area contributed by atoms with E-state index in [1.807, 2.05) is 12.1 Å². The fraction of sp³-hybridized carbons (Fsp3) is 0.368. The van der Waals surface area contributed by atoms with Crippen molar-refractivity contribution in [3.05, 3.63) is 64.7 Å². The first-order valence-electron chi connectivity index (χ1n) is 7.55. The van der Waals surface area contributed by atoms with Gasteiger partial charge in [0.05, 0.1) is 0 Å². The van der Waals surface area contributed by atoms with Crippen LogP contribution in [0.4, 0.5) is 0 Å². The van der Waals surface area contributed by atoms with Gasteiger partial charge in [-0.2, -0.15) is 0 Å². The fourth-order valence-corrected chi connectivity index (χ4v) is 2.66. The lowest BCUT2D eigenvalue weighted by atomic mass is 9.98. The summed E-state index contributed by atoms with van der Waals surface area (Å²) in [7, 11) is 0. The molecule has 0 bridgehead atoms. The minimum Gasteiger partial charge on any atom is -0.484 e. The van der Waals surface area contributed by atoms with E-state index in [9.17, 15) is 0 Å². The van der Waals surface area contributed by atoms with Crippen molar-refractivity contribution in [2.45, 2.75) is 39.7 Å². The van der Waals surface area contributed by atoms with Gasteiger partial charge < -0.3 is 10.5 Å². The van der Waals surface area contributed by atoms with Crippen LogP contribution in [-0.4, -0.2) is 6.54 Å². The molecule has 0 saturated heterocycles. The van der Waals surface area contributed by atoms with E-state index in [2.05, 4.69) is 58.0 Å². The van der Waals surface area contributed by atoms with Crippen LogP contribution >= 0.6 is 0 Å². The number of nitrogens with two attached hydrogens (primary N) is 1. The van der Waals surface area contributed by atoms with Crippen molar-refractivity contribution in [1.29, 1.82) is 0 Å². The van der Waals surface area contributed by atoms with E-state index in [-0.39, 0.29) is 6.10 Å². The Bertz CT molecular complexity index is 604. The van der Waals surface area contributed by atoms with Crippen molar-refractivity contribution >= 4 is 0 Å². The molecule has 2 aromatic rings. The molecule has 0 amide bonds. The monoisotopic (exact) mass is 283 g/mol. The van der Waals surface area contributed by atoms with Gasteiger partial charge in [0.15, 0.2) is 0 Å². The first-order valence-corrected chi connectivity index (χ1v) is 7.55. The molecule has 0 radical (unpaired) electrons. The molecule has 1 unspecified atom stereocenters. The number of aryl methyl sites for hydroxylation is 2. The largest absolute Gasteiger partial charge is 0.484 e. The predicted molar refractivity (Wildman–Crippen MR) is 88.9 cm³/mol. The predicted octanol–water partition coefficient (Wildman–Crippen LogP) is 4.51. The Labute approximate surface area is 127 Å². The SMILES string of the molecule is Cc1cccc(C(CN)Oc2ccc(C(C)C)c(C)c2)c1. The Balaban J connectivity index is 2.21. The highest BCUT2D eigenvalue weighted by molar-refractivity contribution is 5.37. The number of hydrogen-bond acceptors (Lipinski definition) is 2. The van der Waals surface area contributed by atoms with Crippen LogP contribution in [0.15, 0.2) is 42.5 Å². The van der Waals surface area contributed by atoms with Crippen LogP contribution in [-0.2, 0) is 0 Å². The molecule has 0 aliphatic heterocycles. The van der Waals surface area contributed by atoms with E-state index in [0.717, 1.165) is 11.3 Å². The summed E-state index contributed by atoms with van der Waals surface area (Å²) in [6.45, 7) is 9.09. The molecule has 1 atom stereocenters. The molecule has 2 N–H and O–H groups in total. The zero-order valence-electron chi connectivity index (χ0n) is 13.4. The Kier molecular flexibility index (Phi) is 5.03. The minimum atomic E-state index is -0.103. The molecule has 2 rings (SSSR count). The van der Waals surface area contributed by atoms with E-state index in [1.165, 1.54) is 16.7 Å². The highest BCUT2D eigenvalue weighted by Gasteiger charge is 2.13. The Morgan fingerprint density at radius 3 is 2.38 bits per heavy atom. The third kappa shape index (κ3) is 3.85. The highest BCUT2D eigenvalue weighted by Crippen LogP contribution is 2.27. The van der Waals surface area contributed by atoms with Crippen LogP contribution in [0.2, 0.25) is 0 Å². The highest BCUT2D eigenvalue weighted by atomic mass is 16.5. The molecule has 21 heavy (non-hydrogen) atoms. The minimum absolute atomic E-state index is 0.103. The van der Waals surface area contributed by atoms with Gasteiger partial charge in [-0.1, -0.05) is 49.7 Å². The van der Waals surface area contributed by atoms with Crippen molar-refractivity contribution in [3.8, 4) is 5.75 Å². The molecule has 112 valence electrons. The Morgan fingerprint density at radius 1 is 1.05 bits per heavy atom. The molecular formula is C19H25NO. The zero-order chi connectivity index (χ0) is 15.4. The summed E-state index contributed by atoms with van der Waals surface area (Å²) in [4.78, 5) is 0. The van der Waals surface area contributed by atoms with Crippen LogP contribution in [0.1, 0.15) is 48.1 Å². The summed E-state index contributed by atoms with van der Waals surface area (Å²) in [5.41, 5.74) is 10.9. The Morgan fingerprint density at radius 2 is 1.81 bits per heavy atom. The van der Waals surface area contributed by atoms with Gasteiger partial charge in [-0.05, 0) is 48.6 Å². The van der Waals surface area contributed by atoms with Crippen molar-refractivity contribution in [3.63, 3.8) is 0 Å². The van der Waals surface area contributed by atoms with Gasteiger partial charge >= 0.3 is 0 Å². The lowest BCUT2D eigenvalue weighted by Gasteiger charge is -2.20. The topological polar surface area (TPSA) is 35.2 Å². The van der Waals surface area contributed by atoms with Crippen molar-refractivity contribution < 1.29 is 4.74 Å². The summed E-state index contributed by atoms with van der Waals surface area (Å²) in [5, 5.41) is 0. The number of benzene rings is 2. The van der Waals surface area contributed by atoms with E-state index in [0.29, 0.717) is 12.5 Å². The van der Waals surface area contributed by atoms with E-state index in [1.54, 1.807) is 0 Å². The summed E-state index contributed by atoms with van der Waals surface area (Å²) in [5.74, 6) is 1.41. The molecule has 2 heteroatoms. The van der Waals surface area contributed by atoms with E-state index < -0.39 is 0 Å². The molecule has 0 saturated carbocycles. The molecule has 0 aliphatic rings. The van der Waals surface area contributed by atoms with Crippen LogP contribution in [0, 0.1) is 13.8 Å². The quantitative estimate of drug-likeness (QED) is 0.876. The van der Waals surface area contributed by atoms with Gasteiger partial charge in [0.25, 0.3) is 0 Å². The van der Waals surface area contributed by atoms with Crippen LogP contribution in [0.5, 0.6) is 5.75 Å². The molecule has 0 fully saturated rings. The standard InChI is InChI=1S/C19H25NO/c1-13(2)18-9-8-17(11-15(18)4)21-19(12-20)16-7-5-6-14(3)10-16/h5-11,13,19H,12,20H2,1-4H3. The first kappa shape index (κ1) is 15.6. The molecule has 0 aromatic heterocycles. The normalized spacial score (nSPS) is 12.5. The Hall–Kier alpha value is -1.80. The molecule has 0 aliphatic carbocycles. The second kappa shape index (κ2) is 6.77. The van der Waals surface area contributed by atoms with Crippen LogP contribution in [0.3, 0.4) is 0 Å². The third-order valence-corrected chi connectivity index (χ3v) is 3.77. The first-order chi connectivity index (χ1) is 10.0. The van der Waals surface area contributed by atoms with E-state index >= 15 is 0 Å². The van der Waals surface area contributed by atoms with Gasteiger partial charge in [-0.25, -0.2) is 0 Å². The maximum atomic E-state index is 6.10. The maximum Gasteiger partial charge on any atom is 0.136 e.